The van der Waals surface area contributed by atoms with Crippen LogP contribution < -0.4 is 5.56 Å². The molecule has 0 unspecified atom stereocenters. The van der Waals surface area contributed by atoms with Gasteiger partial charge in [0.15, 0.2) is 0 Å². The Morgan fingerprint density at radius 2 is 1.92 bits per heavy atom. The zero-order chi connectivity index (χ0) is 18.6. The van der Waals surface area contributed by atoms with Crippen LogP contribution in [0.4, 0.5) is 0 Å². The van der Waals surface area contributed by atoms with Gasteiger partial charge in [-0.15, -0.1) is 11.3 Å². The van der Waals surface area contributed by atoms with E-state index in [1.54, 1.807) is 22.8 Å². The maximum Gasteiger partial charge on any atom is 0.307 e. The van der Waals surface area contributed by atoms with Crippen LogP contribution >= 0.6 is 11.3 Å². The smallest absolute Gasteiger partial charge is 0.307 e. The standard InChI is InChI=1S/C18H27N3O3S/c1-6-20(7-2)11-14-19-17-16(12(4)13(5)25-17)18(23)21(14)10-9-15(22)24-8-3/h6-11H2,1-5H3. The lowest BCUT2D eigenvalue weighted by Gasteiger charge is -2.20. The van der Waals surface area contributed by atoms with Gasteiger partial charge in [-0.25, -0.2) is 4.98 Å². The van der Waals surface area contributed by atoms with Gasteiger partial charge in [0.1, 0.15) is 10.7 Å². The summed E-state index contributed by atoms with van der Waals surface area (Å²) in [5.41, 5.74) is 0.926. The fraction of sp³-hybridized carbons (Fsp3) is 0.611. The summed E-state index contributed by atoms with van der Waals surface area (Å²) < 4.78 is 6.65. The molecule has 0 amide bonds. The molecule has 2 aromatic heterocycles. The van der Waals surface area contributed by atoms with Crippen LogP contribution in [0.25, 0.3) is 10.2 Å². The van der Waals surface area contributed by atoms with Crippen molar-refractivity contribution in [1.82, 2.24) is 14.5 Å². The Labute approximate surface area is 152 Å². The number of fused-ring (bicyclic) bond motifs is 1. The van der Waals surface area contributed by atoms with Crippen molar-refractivity contribution in [3.8, 4) is 0 Å². The summed E-state index contributed by atoms with van der Waals surface area (Å²) in [7, 11) is 0. The minimum atomic E-state index is -0.290. The summed E-state index contributed by atoms with van der Waals surface area (Å²) in [6, 6.07) is 0. The summed E-state index contributed by atoms with van der Waals surface area (Å²) in [5, 5.41) is 0.676. The van der Waals surface area contributed by atoms with E-state index in [4.69, 9.17) is 9.72 Å². The van der Waals surface area contributed by atoms with Gasteiger partial charge in [0.25, 0.3) is 5.56 Å². The first-order chi connectivity index (χ1) is 11.9. The van der Waals surface area contributed by atoms with Gasteiger partial charge in [0.05, 0.1) is 25.0 Å². The largest absolute Gasteiger partial charge is 0.466 e. The first-order valence-corrected chi connectivity index (χ1v) is 9.61. The van der Waals surface area contributed by atoms with Crippen molar-refractivity contribution in [1.29, 1.82) is 0 Å². The summed E-state index contributed by atoms with van der Waals surface area (Å²) in [4.78, 5) is 33.7. The highest BCUT2D eigenvalue weighted by Gasteiger charge is 2.18. The van der Waals surface area contributed by atoms with Gasteiger partial charge >= 0.3 is 5.97 Å². The third-order valence-electron chi connectivity index (χ3n) is 4.47. The molecule has 0 aromatic carbocycles. The Kier molecular flexibility index (Phi) is 6.72. The van der Waals surface area contributed by atoms with Gasteiger partial charge in [-0.1, -0.05) is 13.8 Å². The van der Waals surface area contributed by atoms with Crippen molar-refractivity contribution >= 4 is 27.5 Å². The second-order valence-corrected chi connectivity index (χ2v) is 7.17. The first-order valence-electron chi connectivity index (χ1n) is 8.80. The Morgan fingerprint density at radius 3 is 2.52 bits per heavy atom. The molecule has 2 rings (SSSR count). The predicted octanol–water partition coefficient (Wildman–Crippen LogP) is 2.87. The maximum absolute atomic E-state index is 13.1. The zero-order valence-corrected chi connectivity index (χ0v) is 16.5. The molecule has 0 radical (unpaired) electrons. The van der Waals surface area contributed by atoms with Crippen LogP contribution in [0.2, 0.25) is 0 Å². The number of aryl methyl sites for hydroxylation is 2. The molecule has 0 saturated carbocycles. The summed E-state index contributed by atoms with van der Waals surface area (Å²) in [6.07, 6.45) is 0.175. The molecule has 7 heteroatoms. The third-order valence-corrected chi connectivity index (χ3v) is 5.57. The topological polar surface area (TPSA) is 64.4 Å². The van der Waals surface area contributed by atoms with Crippen LogP contribution in [0.3, 0.4) is 0 Å². The zero-order valence-electron chi connectivity index (χ0n) is 15.7. The van der Waals surface area contributed by atoms with E-state index in [9.17, 15) is 9.59 Å². The summed E-state index contributed by atoms with van der Waals surface area (Å²) in [6.45, 7) is 12.9. The lowest BCUT2D eigenvalue weighted by molar-refractivity contribution is -0.143. The van der Waals surface area contributed by atoms with E-state index in [0.29, 0.717) is 30.9 Å². The molecule has 0 aliphatic carbocycles. The lowest BCUT2D eigenvalue weighted by atomic mass is 10.2. The predicted molar refractivity (Wildman–Crippen MR) is 101 cm³/mol. The van der Waals surface area contributed by atoms with Crippen LogP contribution in [0, 0.1) is 13.8 Å². The van der Waals surface area contributed by atoms with Crippen molar-refractivity contribution in [2.75, 3.05) is 19.7 Å². The quantitative estimate of drug-likeness (QED) is 0.673. The van der Waals surface area contributed by atoms with E-state index in [2.05, 4.69) is 18.7 Å². The second kappa shape index (κ2) is 8.58. The Morgan fingerprint density at radius 1 is 1.24 bits per heavy atom. The van der Waals surface area contributed by atoms with E-state index < -0.39 is 0 Å². The molecule has 0 spiro atoms. The minimum absolute atomic E-state index is 0.0571. The molecule has 0 aliphatic heterocycles. The van der Waals surface area contributed by atoms with Crippen LogP contribution in [-0.4, -0.2) is 40.1 Å². The molecule has 0 aliphatic rings. The van der Waals surface area contributed by atoms with Crippen LogP contribution in [0.15, 0.2) is 4.79 Å². The number of hydrogen-bond acceptors (Lipinski definition) is 6. The van der Waals surface area contributed by atoms with Gasteiger partial charge in [-0.3, -0.25) is 19.1 Å². The van der Waals surface area contributed by atoms with Crippen molar-refractivity contribution < 1.29 is 9.53 Å². The molecule has 6 nitrogen and oxygen atoms in total. The SMILES string of the molecule is CCOC(=O)CCn1c(CN(CC)CC)nc2sc(C)c(C)c2c1=O. The van der Waals surface area contributed by atoms with Gasteiger partial charge < -0.3 is 4.74 Å². The number of carbonyl (C=O) groups is 1. The molecule has 0 saturated heterocycles. The molecule has 0 bridgehead atoms. The average molecular weight is 365 g/mol. The Balaban J connectivity index is 2.49. The van der Waals surface area contributed by atoms with E-state index in [-0.39, 0.29) is 17.9 Å². The van der Waals surface area contributed by atoms with Crippen LogP contribution in [0.5, 0.6) is 0 Å². The monoisotopic (exact) mass is 365 g/mol. The highest BCUT2D eigenvalue weighted by atomic mass is 32.1. The molecule has 138 valence electrons. The van der Waals surface area contributed by atoms with E-state index >= 15 is 0 Å². The van der Waals surface area contributed by atoms with E-state index in [1.165, 1.54) is 0 Å². The van der Waals surface area contributed by atoms with Crippen LogP contribution in [0.1, 0.15) is 43.5 Å². The third kappa shape index (κ3) is 4.27. The number of thiophene rings is 1. The molecular formula is C18H27N3O3S. The van der Waals surface area contributed by atoms with Crippen molar-refractivity contribution in [2.45, 2.75) is 54.1 Å². The van der Waals surface area contributed by atoms with E-state index in [0.717, 1.165) is 28.4 Å². The van der Waals surface area contributed by atoms with Gasteiger partial charge in [0, 0.05) is 11.4 Å². The number of esters is 1. The number of nitrogens with zero attached hydrogens (tertiary/aromatic N) is 3. The summed E-state index contributed by atoms with van der Waals surface area (Å²) >= 11 is 1.56. The highest BCUT2D eigenvalue weighted by molar-refractivity contribution is 7.18. The number of carbonyl (C=O) groups excluding carboxylic acids is 1. The van der Waals surface area contributed by atoms with Crippen molar-refractivity contribution in [3.05, 3.63) is 26.6 Å². The van der Waals surface area contributed by atoms with Crippen molar-refractivity contribution in [2.24, 2.45) is 0 Å². The highest BCUT2D eigenvalue weighted by Crippen LogP contribution is 2.26. The number of rotatable bonds is 8. The summed E-state index contributed by atoms with van der Waals surface area (Å²) in [5.74, 6) is 0.424. The fourth-order valence-electron chi connectivity index (χ4n) is 2.80. The molecule has 0 atom stereocenters. The van der Waals surface area contributed by atoms with Gasteiger partial charge in [0.2, 0.25) is 0 Å². The van der Waals surface area contributed by atoms with Gasteiger partial charge in [-0.05, 0) is 39.4 Å². The molecule has 25 heavy (non-hydrogen) atoms. The molecule has 2 heterocycles. The number of aromatic nitrogens is 2. The second-order valence-electron chi connectivity index (χ2n) is 5.96. The molecule has 2 aromatic rings. The number of hydrogen-bond donors (Lipinski definition) is 0. The maximum atomic E-state index is 13.1. The Hall–Kier alpha value is -1.73. The number of ether oxygens (including phenoxy) is 1. The fourth-order valence-corrected chi connectivity index (χ4v) is 3.84. The lowest BCUT2D eigenvalue weighted by Crippen LogP contribution is -2.31. The van der Waals surface area contributed by atoms with E-state index in [1.807, 2.05) is 13.8 Å². The molecule has 0 N–H and O–H groups in total. The van der Waals surface area contributed by atoms with Crippen LogP contribution in [-0.2, 0) is 22.6 Å². The minimum Gasteiger partial charge on any atom is -0.466 e. The normalized spacial score (nSPS) is 11.4. The average Bonchev–Trinajstić information content (AvgIpc) is 2.86. The van der Waals surface area contributed by atoms with Crippen molar-refractivity contribution in [3.63, 3.8) is 0 Å². The molecule has 0 fully saturated rings. The first kappa shape index (κ1) is 19.6. The van der Waals surface area contributed by atoms with Gasteiger partial charge in [-0.2, -0.15) is 0 Å². The molecular weight excluding hydrogens is 338 g/mol. The Bertz CT molecular complexity index is 806.